The number of nitrogens with zero attached hydrogens (tertiary/aromatic N) is 3. The number of aromatic nitrogens is 1. The van der Waals surface area contributed by atoms with Crippen molar-refractivity contribution >= 4 is 17.6 Å². The molecule has 0 aliphatic carbocycles. The number of unbranched alkanes of at least 4 members (excludes halogenated alkanes) is 1. The van der Waals surface area contributed by atoms with Crippen molar-refractivity contribution in [1.29, 1.82) is 0 Å². The van der Waals surface area contributed by atoms with Gasteiger partial charge in [0.1, 0.15) is 5.76 Å². The molecule has 7 heteroatoms. The minimum absolute atomic E-state index is 0.0591. The maximum atomic E-state index is 12.9. The molecule has 0 bridgehead atoms. The summed E-state index contributed by atoms with van der Waals surface area (Å²) in [6.07, 6.45) is 3.21. The average molecular weight is 413 g/mol. The quantitative estimate of drug-likeness (QED) is 0.720. The smallest absolute Gasteiger partial charge is 0.242 e. The SMILES string of the molecule is CCCCC(C(=O)Nc1cc(C)on1)N1CCN(C(=O)Cc2ccc(C)cc2)CC1. The molecule has 0 saturated carbocycles. The lowest BCUT2D eigenvalue weighted by Gasteiger charge is -2.38. The van der Waals surface area contributed by atoms with Gasteiger partial charge in [-0.2, -0.15) is 0 Å². The number of benzene rings is 1. The molecule has 1 aliphatic heterocycles. The first-order valence-corrected chi connectivity index (χ1v) is 10.8. The number of aryl methyl sites for hydroxylation is 2. The van der Waals surface area contributed by atoms with E-state index in [1.165, 1.54) is 5.56 Å². The van der Waals surface area contributed by atoms with Crippen LogP contribution in [-0.2, 0) is 16.0 Å². The molecular weight excluding hydrogens is 380 g/mol. The Morgan fingerprint density at radius 2 is 1.83 bits per heavy atom. The van der Waals surface area contributed by atoms with Crippen LogP contribution < -0.4 is 5.32 Å². The molecule has 3 rings (SSSR count). The molecule has 0 radical (unpaired) electrons. The molecule has 0 spiro atoms. The summed E-state index contributed by atoms with van der Waals surface area (Å²) >= 11 is 0. The summed E-state index contributed by atoms with van der Waals surface area (Å²) in [5.41, 5.74) is 2.23. The van der Waals surface area contributed by atoms with E-state index in [9.17, 15) is 9.59 Å². The van der Waals surface area contributed by atoms with Gasteiger partial charge in [0.2, 0.25) is 11.8 Å². The van der Waals surface area contributed by atoms with Crippen LogP contribution in [0.2, 0.25) is 0 Å². The van der Waals surface area contributed by atoms with Gasteiger partial charge in [0.15, 0.2) is 5.82 Å². The summed E-state index contributed by atoms with van der Waals surface area (Å²) in [7, 11) is 0. The molecule has 1 N–H and O–H groups in total. The molecule has 7 nitrogen and oxygen atoms in total. The second-order valence-corrected chi connectivity index (χ2v) is 8.05. The number of piperazine rings is 1. The molecule has 30 heavy (non-hydrogen) atoms. The Morgan fingerprint density at radius 3 is 2.43 bits per heavy atom. The Hall–Kier alpha value is -2.67. The molecule has 1 saturated heterocycles. The van der Waals surface area contributed by atoms with E-state index >= 15 is 0 Å². The third-order valence-electron chi connectivity index (χ3n) is 5.60. The van der Waals surface area contributed by atoms with Crippen LogP contribution in [0.25, 0.3) is 0 Å². The van der Waals surface area contributed by atoms with E-state index in [2.05, 4.69) is 22.3 Å². The largest absolute Gasteiger partial charge is 0.360 e. The highest BCUT2D eigenvalue weighted by atomic mass is 16.5. The molecule has 2 amide bonds. The van der Waals surface area contributed by atoms with Gasteiger partial charge in [0.05, 0.1) is 12.5 Å². The average Bonchev–Trinajstić information content (AvgIpc) is 3.15. The van der Waals surface area contributed by atoms with Crippen molar-refractivity contribution < 1.29 is 14.1 Å². The van der Waals surface area contributed by atoms with Gasteiger partial charge in [-0.05, 0) is 25.8 Å². The van der Waals surface area contributed by atoms with Gasteiger partial charge in [0.25, 0.3) is 0 Å². The molecule has 1 atom stereocenters. The van der Waals surface area contributed by atoms with Crippen LogP contribution in [-0.4, -0.2) is 59.0 Å². The number of hydrogen-bond acceptors (Lipinski definition) is 5. The first kappa shape index (κ1) is 22.0. The summed E-state index contributed by atoms with van der Waals surface area (Å²) in [4.78, 5) is 29.7. The van der Waals surface area contributed by atoms with Crippen molar-refractivity contribution in [3.05, 3.63) is 47.2 Å². The van der Waals surface area contributed by atoms with Crippen LogP contribution in [0.3, 0.4) is 0 Å². The summed E-state index contributed by atoms with van der Waals surface area (Å²) in [5.74, 6) is 1.20. The predicted molar refractivity (Wildman–Crippen MR) is 116 cm³/mol. The first-order valence-electron chi connectivity index (χ1n) is 10.8. The maximum Gasteiger partial charge on any atom is 0.242 e. The van der Waals surface area contributed by atoms with Crippen LogP contribution in [0.15, 0.2) is 34.9 Å². The van der Waals surface area contributed by atoms with Gasteiger partial charge in [-0.15, -0.1) is 0 Å². The lowest BCUT2D eigenvalue weighted by atomic mass is 10.1. The fourth-order valence-electron chi connectivity index (χ4n) is 3.79. The monoisotopic (exact) mass is 412 g/mol. The standard InChI is InChI=1S/C23H32N4O3/c1-4-5-6-20(23(29)24-21-15-18(3)30-25-21)26-11-13-27(14-12-26)22(28)16-19-9-7-17(2)8-10-19/h7-10,15,20H,4-6,11-14,16H2,1-3H3,(H,24,25,29). The fraction of sp³-hybridized carbons (Fsp3) is 0.522. The molecule has 2 heterocycles. The topological polar surface area (TPSA) is 78.7 Å². The van der Waals surface area contributed by atoms with Crippen LogP contribution in [0.5, 0.6) is 0 Å². The Balaban J connectivity index is 1.55. The summed E-state index contributed by atoms with van der Waals surface area (Å²) in [5, 5.41) is 6.74. The maximum absolute atomic E-state index is 12.9. The van der Waals surface area contributed by atoms with E-state index in [0.29, 0.717) is 44.2 Å². The molecule has 1 aromatic carbocycles. The minimum Gasteiger partial charge on any atom is -0.360 e. The van der Waals surface area contributed by atoms with Crippen molar-refractivity contribution in [2.75, 3.05) is 31.5 Å². The van der Waals surface area contributed by atoms with Crippen LogP contribution >= 0.6 is 0 Å². The van der Waals surface area contributed by atoms with E-state index in [4.69, 9.17) is 4.52 Å². The predicted octanol–water partition coefficient (Wildman–Crippen LogP) is 3.18. The number of rotatable bonds is 8. The molecule has 162 valence electrons. The Bertz CT molecular complexity index is 838. The third-order valence-corrected chi connectivity index (χ3v) is 5.60. The Labute approximate surface area is 178 Å². The third kappa shape index (κ3) is 5.92. The van der Waals surface area contributed by atoms with Crippen molar-refractivity contribution in [2.45, 2.75) is 52.5 Å². The van der Waals surface area contributed by atoms with Gasteiger partial charge in [-0.3, -0.25) is 14.5 Å². The number of anilines is 1. The Morgan fingerprint density at radius 1 is 1.13 bits per heavy atom. The zero-order valence-corrected chi connectivity index (χ0v) is 18.2. The number of nitrogens with one attached hydrogen (secondary N) is 1. The Kier molecular flexibility index (Phi) is 7.63. The van der Waals surface area contributed by atoms with Gasteiger partial charge in [-0.25, -0.2) is 0 Å². The normalized spacial score (nSPS) is 15.8. The molecular formula is C23H32N4O3. The van der Waals surface area contributed by atoms with Gasteiger partial charge >= 0.3 is 0 Å². The van der Waals surface area contributed by atoms with Crippen molar-refractivity contribution in [3.63, 3.8) is 0 Å². The van der Waals surface area contributed by atoms with Gasteiger partial charge in [0, 0.05) is 32.2 Å². The van der Waals surface area contributed by atoms with Crippen LogP contribution in [0.1, 0.15) is 43.1 Å². The lowest BCUT2D eigenvalue weighted by Crippen LogP contribution is -2.55. The summed E-state index contributed by atoms with van der Waals surface area (Å²) < 4.78 is 5.04. The zero-order chi connectivity index (χ0) is 21.5. The first-order chi connectivity index (χ1) is 14.5. The van der Waals surface area contributed by atoms with E-state index in [-0.39, 0.29) is 17.9 Å². The highest BCUT2D eigenvalue weighted by Crippen LogP contribution is 2.16. The highest BCUT2D eigenvalue weighted by Gasteiger charge is 2.30. The summed E-state index contributed by atoms with van der Waals surface area (Å²) in [6.45, 7) is 8.63. The van der Waals surface area contributed by atoms with E-state index < -0.39 is 0 Å². The zero-order valence-electron chi connectivity index (χ0n) is 18.2. The van der Waals surface area contributed by atoms with Crippen molar-refractivity contribution in [3.8, 4) is 0 Å². The molecule has 1 aliphatic rings. The molecule has 2 aromatic rings. The number of carbonyl (C=O) groups is 2. The fourth-order valence-corrected chi connectivity index (χ4v) is 3.79. The minimum atomic E-state index is -0.226. The van der Waals surface area contributed by atoms with Crippen molar-refractivity contribution in [1.82, 2.24) is 15.0 Å². The van der Waals surface area contributed by atoms with Gasteiger partial charge < -0.3 is 14.7 Å². The van der Waals surface area contributed by atoms with E-state index in [1.807, 2.05) is 36.1 Å². The molecule has 1 unspecified atom stereocenters. The highest BCUT2D eigenvalue weighted by molar-refractivity contribution is 5.94. The number of amides is 2. The molecule has 1 fully saturated rings. The number of hydrogen-bond donors (Lipinski definition) is 1. The summed E-state index contributed by atoms with van der Waals surface area (Å²) in [6, 6.07) is 9.59. The number of carbonyl (C=O) groups excluding carboxylic acids is 2. The van der Waals surface area contributed by atoms with Crippen molar-refractivity contribution in [2.24, 2.45) is 0 Å². The molecule has 1 aromatic heterocycles. The van der Waals surface area contributed by atoms with E-state index in [1.54, 1.807) is 13.0 Å². The van der Waals surface area contributed by atoms with E-state index in [0.717, 1.165) is 24.8 Å². The van der Waals surface area contributed by atoms with Crippen LogP contribution in [0.4, 0.5) is 5.82 Å². The van der Waals surface area contributed by atoms with Crippen LogP contribution in [0, 0.1) is 13.8 Å². The van der Waals surface area contributed by atoms with Gasteiger partial charge in [-0.1, -0.05) is 54.8 Å². The lowest BCUT2D eigenvalue weighted by molar-refractivity contribution is -0.133. The second-order valence-electron chi connectivity index (χ2n) is 8.05. The second kappa shape index (κ2) is 10.4.